The number of ether oxygens (including phenoxy) is 2. The monoisotopic (exact) mass is 463 g/mol. The van der Waals surface area contributed by atoms with Crippen LogP contribution in [0.2, 0.25) is 0 Å². The van der Waals surface area contributed by atoms with Gasteiger partial charge in [-0.15, -0.1) is 0 Å². The topological polar surface area (TPSA) is 134 Å². The molecule has 33 heavy (non-hydrogen) atoms. The van der Waals surface area contributed by atoms with Crippen LogP contribution >= 0.6 is 0 Å². The minimum absolute atomic E-state index is 0.0783. The lowest BCUT2D eigenvalue weighted by Gasteiger charge is -2.19. The molecular weight excluding hydrogens is 430 g/mol. The first-order valence-electron chi connectivity index (χ1n) is 10.9. The van der Waals surface area contributed by atoms with Crippen LogP contribution < -0.4 is 9.47 Å². The molecule has 1 aliphatic carbocycles. The predicted octanol–water partition coefficient (Wildman–Crippen LogP) is 1.97. The quantitative estimate of drug-likeness (QED) is 0.502. The second-order valence-corrected chi connectivity index (χ2v) is 7.91. The zero-order chi connectivity index (χ0) is 24.1. The van der Waals surface area contributed by atoms with Crippen molar-refractivity contribution in [2.45, 2.75) is 39.0 Å². The van der Waals surface area contributed by atoms with Crippen molar-refractivity contribution in [1.29, 1.82) is 0 Å². The van der Waals surface area contributed by atoms with Gasteiger partial charge < -0.3 is 29.4 Å². The molecule has 1 saturated carbocycles. The first-order chi connectivity index (χ1) is 16.0. The minimum atomic E-state index is -0.250. The van der Waals surface area contributed by atoms with Gasteiger partial charge in [-0.05, 0) is 49.3 Å². The van der Waals surface area contributed by atoms with Crippen molar-refractivity contribution in [3.05, 3.63) is 42.5 Å². The number of carbonyl (C=O) groups is 2. The summed E-state index contributed by atoms with van der Waals surface area (Å²) in [6.07, 6.45) is 7.35. The largest absolute Gasteiger partial charge is 0.490 e. The van der Waals surface area contributed by atoms with Crippen LogP contribution in [0.15, 0.2) is 36.9 Å². The zero-order valence-corrected chi connectivity index (χ0v) is 18.8. The average Bonchev–Trinajstić information content (AvgIpc) is 3.48. The Labute approximate surface area is 193 Å². The molecule has 0 amide bonds. The number of aromatic nitrogens is 2. The predicted molar refractivity (Wildman–Crippen MR) is 120 cm³/mol. The van der Waals surface area contributed by atoms with Crippen molar-refractivity contribution in [2.75, 3.05) is 26.3 Å². The van der Waals surface area contributed by atoms with Crippen LogP contribution in [0, 0.1) is 11.8 Å². The molecule has 3 N–H and O–H groups in total. The Morgan fingerprint density at radius 1 is 1.09 bits per heavy atom. The van der Waals surface area contributed by atoms with Crippen molar-refractivity contribution in [3.8, 4) is 11.5 Å². The number of fused-ring (bicyclic) bond motifs is 1. The lowest BCUT2D eigenvalue weighted by molar-refractivity contribution is -0.123. The van der Waals surface area contributed by atoms with E-state index < -0.39 is 0 Å². The highest BCUT2D eigenvalue weighted by Crippen LogP contribution is 2.39. The fourth-order valence-electron chi connectivity index (χ4n) is 4.47. The van der Waals surface area contributed by atoms with Crippen LogP contribution in [0.5, 0.6) is 11.5 Å². The van der Waals surface area contributed by atoms with Crippen molar-refractivity contribution < 1.29 is 34.4 Å². The standard InChI is InChI=1S/C21H29N3O3.2CH2O2/c1-2-26-21-9-16(12-24-13-17-10-19(25)11-18(17)14-24)3-4-20(21)27-8-7-23-6-5-22-15-23;2*2-1-3/h3-6,9,15,17-19,25H,2,7-8,10-14H2,1H3;2*1H,(H,2,3)/t17-,18+,19?;;. The zero-order valence-electron chi connectivity index (χ0n) is 18.8. The second-order valence-electron chi connectivity index (χ2n) is 7.91. The molecule has 2 aromatic rings. The fraction of sp³-hybridized carbons (Fsp3) is 0.522. The number of aliphatic hydroxyl groups excluding tert-OH is 1. The SMILES string of the molecule is CCOc1cc(CN2C[C@H]3CC(O)C[C@H]3C2)ccc1OCCn1ccnc1.O=CO.O=CO. The van der Waals surface area contributed by atoms with Crippen LogP contribution in [-0.2, 0) is 22.7 Å². The maximum absolute atomic E-state index is 9.81. The Morgan fingerprint density at radius 3 is 2.33 bits per heavy atom. The smallest absolute Gasteiger partial charge is 0.290 e. The van der Waals surface area contributed by atoms with E-state index in [1.54, 1.807) is 12.5 Å². The lowest BCUT2D eigenvalue weighted by Crippen LogP contribution is -2.22. The summed E-state index contributed by atoms with van der Waals surface area (Å²) < 4.78 is 13.8. The highest BCUT2D eigenvalue weighted by atomic mass is 16.5. The molecule has 182 valence electrons. The summed E-state index contributed by atoms with van der Waals surface area (Å²) in [5.74, 6) is 2.94. The number of hydrogen-bond donors (Lipinski definition) is 3. The molecule has 3 atom stereocenters. The Morgan fingerprint density at radius 2 is 1.76 bits per heavy atom. The van der Waals surface area contributed by atoms with Gasteiger partial charge in [0, 0.05) is 32.0 Å². The summed E-state index contributed by atoms with van der Waals surface area (Å²) >= 11 is 0. The van der Waals surface area contributed by atoms with Crippen molar-refractivity contribution in [1.82, 2.24) is 14.5 Å². The van der Waals surface area contributed by atoms with Crippen LogP contribution in [0.4, 0.5) is 0 Å². The average molecular weight is 464 g/mol. The molecule has 1 aromatic heterocycles. The first kappa shape index (κ1) is 26.1. The molecule has 1 aliphatic heterocycles. The summed E-state index contributed by atoms with van der Waals surface area (Å²) in [5, 5.41) is 23.6. The van der Waals surface area contributed by atoms with Gasteiger partial charge in [0.15, 0.2) is 11.5 Å². The molecule has 2 fully saturated rings. The van der Waals surface area contributed by atoms with Gasteiger partial charge in [0.1, 0.15) is 6.61 Å². The van der Waals surface area contributed by atoms with Crippen LogP contribution in [0.3, 0.4) is 0 Å². The van der Waals surface area contributed by atoms with Crippen LogP contribution in [0.1, 0.15) is 25.3 Å². The number of likely N-dealkylation sites (tertiary alicyclic amines) is 1. The van der Waals surface area contributed by atoms with Gasteiger partial charge in [-0.25, -0.2) is 4.98 Å². The summed E-state index contributed by atoms with van der Waals surface area (Å²) in [6.45, 7) is 6.56. The maximum Gasteiger partial charge on any atom is 0.290 e. The number of imidazole rings is 1. The molecule has 1 aromatic carbocycles. The molecule has 2 heterocycles. The number of nitrogens with zero attached hydrogens (tertiary/aromatic N) is 3. The number of hydrogen-bond acceptors (Lipinski definition) is 7. The summed E-state index contributed by atoms with van der Waals surface area (Å²) in [6, 6.07) is 6.27. The van der Waals surface area contributed by atoms with Gasteiger partial charge in [0.2, 0.25) is 0 Å². The van der Waals surface area contributed by atoms with Crippen LogP contribution in [-0.4, -0.2) is 75.1 Å². The maximum atomic E-state index is 9.81. The molecule has 0 bridgehead atoms. The van der Waals surface area contributed by atoms with Crippen molar-refractivity contribution in [3.63, 3.8) is 0 Å². The molecule has 1 unspecified atom stereocenters. The minimum Gasteiger partial charge on any atom is -0.490 e. The van der Waals surface area contributed by atoms with Crippen molar-refractivity contribution >= 4 is 12.9 Å². The number of rotatable bonds is 8. The summed E-state index contributed by atoms with van der Waals surface area (Å²) in [5.41, 5.74) is 1.25. The lowest BCUT2D eigenvalue weighted by atomic mass is 10.0. The number of carboxylic acid groups (broad SMARTS) is 2. The summed E-state index contributed by atoms with van der Waals surface area (Å²) in [7, 11) is 0. The van der Waals surface area contributed by atoms with E-state index in [-0.39, 0.29) is 19.0 Å². The summed E-state index contributed by atoms with van der Waals surface area (Å²) in [4.78, 5) is 23.3. The van der Waals surface area contributed by atoms with Gasteiger partial charge >= 0.3 is 0 Å². The Balaban J connectivity index is 0.000000582. The third-order valence-corrected chi connectivity index (χ3v) is 5.68. The molecule has 0 spiro atoms. The Kier molecular flexibility index (Phi) is 11.2. The van der Waals surface area contributed by atoms with E-state index in [1.807, 2.05) is 23.8 Å². The highest BCUT2D eigenvalue weighted by Gasteiger charge is 2.39. The molecule has 0 radical (unpaired) electrons. The molecular formula is C23H33N3O7. The molecule has 1 saturated heterocycles. The van der Waals surface area contributed by atoms with Gasteiger partial charge in [-0.3, -0.25) is 14.5 Å². The third-order valence-electron chi connectivity index (χ3n) is 5.68. The Hall–Kier alpha value is -3.11. The first-order valence-corrected chi connectivity index (χ1v) is 10.9. The molecule has 10 nitrogen and oxygen atoms in total. The molecule has 10 heteroatoms. The van der Waals surface area contributed by atoms with E-state index in [4.69, 9.17) is 29.3 Å². The van der Waals surface area contributed by atoms with Gasteiger partial charge in [0.05, 0.1) is 25.6 Å². The van der Waals surface area contributed by atoms with E-state index in [9.17, 15) is 5.11 Å². The van der Waals surface area contributed by atoms with E-state index in [2.05, 4.69) is 22.0 Å². The van der Waals surface area contributed by atoms with E-state index >= 15 is 0 Å². The van der Waals surface area contributed by atoms with Gasteiger partial charge in [-0.2, -0.15) is 0 Å². The van der Waals surface area contributed by atoms with E-state index in [0.717, 1.165) is 50.5 Å². The van der Waals surface area contributed by atoms with Gasteiger partial charge in [-0.1, -0.05) is 6.07 Å². The highest BCUT2D eigenvalue weighted by molar-refractivity contribution is 5.43. The third kappa shape index (κ3) is 8.39. The normalized spacial score (nSPS) is 21.1. The second kappa shape index (κ2) is 14.1. The molecule has 4 rings (SSSR count). The van der Waals surface area contributed by atoms with E-state index in [0.29, 0.717) is 25.0 Å². The molecule has 2 aliphatic rings. The number of benzene rings is 1. The van der Waals surface area contributed by atoms with Crippen LogP contribution in [0.25, 0.3) is 0 Å². The van der Waals surface area contributed by atoms with Crippen molar-refractivity contribution in [2.24, 2.45) is 11.8 Å². The number of aliphatic hydroxyl groups is 1. The Bertz CT molecular complexity index is 811. The van der Waals surface area contributed by atoms with E-state index in [1.165, 1.54) is 5.56 Å². The van der Waals surface area contributed by atoms with Gasteiger partial charge in [0.25, 0.3) is 12.9 Å². The fourth-order valence-corrected chi connectivity index (χ4v) is 4.47.